The molecule has 0 atom stereocenters. The summed E-state index contributed by atoms with van der Waals surface area (Å²) in [6.07, 6.45) is 8.56. The molecule has 0 bridgehead atoms. The Hall–Kier alpha value is -1.77. The number of aromatic nitrogens is 1. The number of hydrogen-bond donors (Lipinski definition) is 1. The minimum absolute atomic E-state index is 0.668. The van der Waals surface area contributed by atoms with E-state index in [0.717, 1.165) is 13.1 Å². The van der Waals surface area contributed by atoms with Crippen LogP contribution in [0.2, 0.25) is 0 Å². The lowest BCUT2D eigenvalue weighted by molar-refractivity contribution is 0.575. The second-order valence-corrected chi connectivity index (χ2v) is 6.01. The number of fused-ring (bicyclic) bond motifs is 1. The predicted octanol–water partition coefficient (Wildman–Crippen LogP) is 3.80. The fourth-order valence-corrected chi connectivity index (χ4v) is 3.10. The average Bonchev–Trinajstić information content (AvgIpc) is 3.33. The zero-order valence-electron chi connectivity index (χ0n) is 11.8. The molecule has 104 valence electrons. The summed E-state index contributed by atoms with van der Waals surface area (Å²) in [6.45, 7) is 2.29. The Morgan fingerprint density at radius 2 is 1.75 bits per heavy atom. The molecular formula is C17H21N3. The van der Waals surface area contributed by atoms with Gasteiger partial charge in [-0.3, -0.25) is 0 Å². The Morgan fingerprint density at radius 1 is 1.00 bits per heavy atom. The van der Waals surface area contributed by atoms with Gasteiger partial charge < -0.3 is 10.2 Å². The average molecular weight is 267 g/mol. The first-order chi connectivity index (χ1) is 9.92. The number of nitrogens with zero attached hydrogens (tertiary/aromatic N) is 2. The van der Waals surface area contributed by atoms with Crippen molar-refractivity contribution in [1.29, 1.82) is 0 Å². The van der Waals surface area contributed by atoms with Gasteiger partial charge in [-0.15, -0.1) is 0 Å². The van der Waals surface area contributed by atoms with Crippen molar-refractivity contribution in [3.05, 3.63) is 30.5 Å². The molecular weight excluding hydrogens is 246 g/mol. The van der Waals surface area contributed by atoms with E-state index in [0.29, 0.717) is 6.04 Å². The normalized spacial score (nSPS) is 19.3. The Labute approximate surface area is 120 Å². The second-order valence-electron chi connectivity index (χ2n) is 6.01. The molecule has 2 heterocycles. The first-order valence-corrected chi connectivity index (χ1v) is 7.81. The highest BCUT2D eigenvalue weighted by molar-refractivity contribution is 6.00. The number of anilines is 2. The van der Waals surface area contributed by atoms with Crippen molar-refractivity contribution in [1.82, 2.24) is 4.98 Å². The maximum Gasteiger partial charge on any atom is 0.136 e. The maximum atomic E-state index is 4.77. The van der Waals surface area contributed by atoms with E-state index in [1.165, 1.54) is 54.4 Å². The van der Waals surface area contributed by atoms with Gasteiger partial charge in [-0.1, -0.05) is 24.3 Å². The van der Waals surface area contributed by atoms with E-state index in [4.69, 9.17) is 4.98 Å². The van der Waals surface area contributed by atoms with Gasteiger partial charge >= 0.3 is 0 Å². The van der Waals surface area contributed by atoms with Crippen molar-refractivity contribution in [2.45, 2.75) is 38.1 Å². The fourth-order valence-electron chi connectivity index (χ4n) is 3.10. The van der Waals surface area contributed by atoms with Crippen LogP contribution in [0.5, 0.6) is 0 Å². The summed E-state index contributed by atoms with van der Waals surface area (Å²) in [5.74, 6) is 1.17. The Balaban J connectivity index is 1.77. The Kier molecular flexibility index (Phi) is 2.98. The smallest absolute Gasteiger partial charge is 0.136 e. The molecule has 1 aliphatic heterocycles. The number of benzene rings is 1. The summed E-state index contributed by atoms with van der Waals surface area (Å²) in [6, 6.07) is 9.35. The molecule has 1 saturated heterocycles. The zero-order valence-corrected chi connectivity index (χ0v) is 11.8. The monoisotopic (exact) mass is 267 g/mol. The predicted molar refractivity (Wildman–Crippen MR) is 84.5 cm³/mol. The minimum Gasteiger partial charge on any atom is -0.381 e. The Morgan fingerprint density at radius 3 is 2.50 bits per heavy atom. The van der Waals surface area contributed by atoms with Gasteiger partial charge in [0.2, 0.25) is 0 Å². The van der Waals surface area contributed by atoms with Gasteiger partial charge in [-0.2, -0.15) is 0 Å². The second kappa shape index (κ2) is 4.97. The highest BCUT2D eigenvalue weighted by Crippen LogP contribution is 2.34. The molecule has 2 aliphatic rings. The van der Waals surface area contributed by atoms with Crippen LogP contribution >= 0.6 is 0 Å². The summed E-state index contributed by atoms with van der Waals surface area (Å²) >= 11 is 0. The number of hydrogen-bond acceptors (Lipinski definition) is 3. The minimum atomic E-state index is 0.668. The first kappa shape index (κ1) is 12.0. The third-order valence-corrected chi connectivity index (χ3v) is 4.37. The van der Waals surface area contributed by atoms with Gasteiger partial charge in [0.05, 0.1) is 11.9 Å². The van der Waals surface area contributed by atoms with Crippen LogP contribution < -0.4 is 10.2 Å². The largest absolute Gasteiger partial charge is 0.381 e. The molecule has 20 heavy (non-hydrogen) atoms. The van der Waals surface area contributed by atoms with Gasteiger partial charge in [0.25, 0.3) is 0 Å². The molecule has 0 unspecified atom stereocenters. The molecule has 1 aromatic carbocycles. The molecule has 1 saturated carbocycles. The van der Waals surface area contributed by atoms with Gasteiger partial charge in [-0.25, -0.2) is 4.98 Å². The van der Waals surface area contributed by atoms with Crippen molar-refractivity contribution in [3.63, 3.8) is 0 Å². The number of piperidine rings is 1. The van der Waals surface area contributed by atoms with E-state index in [1.54, 1.807) is 0 Å². The van der Waals surface area contributed by atoms with Crippen LogP contribution in [0.15, 0.2) is 30.5 Å². The van der Waals surface area contributed by atoms with Crippen molar-refractivity contribution in [2.24, 2.45) is 0 Å². The van der Waals surface area contributed by atoms with E-state index < -0.39 is 0 Å². The Bertz CT molecular complexity index is 613. The molecule has 4 rings (SSSR count). The maximum absolute atomic E-state index is 4.77. The number of rotatable bonds is 3. The number of nitrogens with one attached hydrogen (secondary N) is 1. The standard InChI is InChI=1S/C17H21N3/c1-4-10-20(11-5-1)17-15-7-3-2-6-14(15)16(12-18-17)19-13-8-9-13/h2-3,6-7,12-13,19H,1,4-5,8-11H2. The zero-order chi connectivity index (χ0) is 13.4. The molecule has 2 aromatic rings. The summed E-state index contributed by atoms with van der Waals surface area (Å²) < 4.78 is 0. The van der Waals surface area contributed by atoms with Gasteiger partial charge in [0, 0.05) is 29.9 Å². The van der Waals surface area contributed by atoms with Crippen LogP contribution in [0.25, 0.3) is 10.8 Å². The van der Waals surface area contributed by atoms with Crippen molar-refractivity contribution in [2.75, 3.05) is 23.3 Å². The van der Waals surface area contributed by atoms with E-state index in [-0.39, 0.29) is 0 Å². The third kappa shape index (κ3) is 2.21. The van der Waals surface area contributed by atoms with Crippen LogP contribution in [0, 0.1) is 0 Å². The SMILES string of the molecule is c1ccc2c(N3CCCCC3)ncc(NC3CC3)c2c1. The highest BCUT2D eigenvalue weighted by Gasteiger charge is 2.22. The first-order valence-electron chi connectivity index (χ1n) is 7.81. The summed E-state index contributed by atoms with van der Waals surface area (Å²) in [7, 11) is 0. The van der Waals surface area contributed by atoms with Crippen LogP contribution in [0.1, 0.15) is 32.1 Å². The summed E-state index contributed by atoms with van der Waals surface area (Å²) in [4.78, 5) is 7.23. The molecule has 2 fully saturated rings. The third-order valence-electron chi connectivity index (χ3n) is 4.37. The molecule has 0 amide bonds. The molecule has 1 aromatic heterocycles. The van der Waals surface area contributed by atoms with Crippen molar-refractivity contribution in [3.8, 4) is 0 Å². The highest BCUT2D eigenvalue weighted by atomic mass is 15.2. The lowest BCUT2D eigenvalue weighted by Gasteiger charge is -2.29. The fraction of sp³-hybridized carbons (Fsp3) is 0.471. The molecule has 3 nitrogen and oxygen atoms in total. The van der Waals surface area contributed by atoms with Crippen molar-refractivity contribution < 1.29 is 0 Å². The lowest BCUT2D eigenvalue weighted by Crippen LogP contribution is -2.30. The summed E-state index contributed by atoms with van der Waals surface area (Å²) in [5, 5.41) is 6.21. The van der Waals surface area contributed by atoms with Gasteiger partial charge in [-0.05, 0) is 32.1 Å². The van der Waals surface area contributed by atoms with Crippen LogP contribution in [0.4, 0.5) is 11.5 Å². The van der Waals surface area contributed by atoms with E-state index in [2.05, 4.69) is 34.5 Å². The quantitative estimate of drug-likeness (QED) is 0.916. The van der Waals surface area contributed by atoms with Crippen LogP contribution in [0.3, 0.4) is 0 Å². The van der Waals surface area contributed by atoms with E-state index in [9.17, 15) is 0 Å². The van der Waals surface area contributed by atoms with Gasteiger partial charge in [0.15, 0.2) is 0 Å². The van der Waals surface area contributed by atoms with E-state index >= 15 is 0 Å². The molecule has 1 N–H and O–H groups in total. The summed E-state index contributed by atoms with van der Waals surface area (Å²) in [5.41, 5.74) is 1.20. The van der Waals surface area contributed by atoms with Crippen LogP contribution in [-0.4, -0.2) is 24.1 Å². The molecule has 1 aliphatic carbocycles. The van der Waals surface area contributed by atoms with Crippen LogP contribution in [-0.2, 0) is 0 Å². The van der Waals surface area contributed by atoms with Crippen molar-refractivity contribution >= 4 is 22.3 Å². The number of pyridine rings is 1. The van der Waals surface area contributed by atoms with E-state index in [1.807, 2.05) is 6.20 Å². The topological polar surface area (TPSA) is 28.2 Å². The molecule has 0 spiro atoms. The molecule has 0 radical (unpaired) electrons. The molecule has 3 heteroatoms. The van der Waals surface area contributed by atoms with Gasteiger partial charge in [0.1, 0.15) is 5.82 Å². The lowest BCUT2D eigenvalue weighted by atomic mass is 10.1.